The van der Waals surface area contributed by atoms with E-state index in [0.717, 1.165) is 27.7 Å². The SMILES string of the molecule is CCOc1ccc(-n2c(SCC(=O)Nc3cc(C)c(Cl)cc3OC)nnc2-c2cccs2)cc1. The van der Waals surface area contributed by atoms with Gasteiger partial charge in [0, 0.05) is 11.1 Å². The number of hydrogen-bond acceptors (Lipinski definition) is 7. The van der Waals surface area contributed by atoms with Gasteiger partial charge in [-0.1, -0.05) is 29.4 Å². The maximum absolute atomic E-state index is 12.8. The molecule has 4 rings (SSSR count). The summed E-state index contributed by atoms with van der Waals surface area (Å²) in [7, 11) is 1.54. The largest absolute Gasteiger partial charge is 0.495 e. The Labute approximate surface area is 211 Å². The van der Waals surface area contributed by atoms with E-state index in [2.05, 4.69) is 15.5 Å². The summed E-state index contributed by atoms with van der Waals surface area (Å²) in [6, 6.07) is 15.2. The number of aryl methyl sites for hydroxylation is 1. The van der Waals surface area contributed by atoms with Crippen LogP contribution >= 0.6 is 34.7 Å². The minimum absolute atomic E-state index is 0.143. The van der Waals surface area contributed by atoms with Gasteiger partial charge in [0.15, 0.2) is 11.0 Å². The fourth-order valence-corrected chi connectivity index (χ4v) is 4.87. The number of anilines is 1. The summed E-state index contributed by atoms with van der Waals surface area (Å²) in [5, 5.41) is 14.9. The normalized spacial score (nSPS) is 10.8. The number of halogens is 1. The monoisotopic (exact) mass is 514 g/mol. The summed E-state index contributed by atoms with van der Waals surface area (Å²) >= 11 is 9.06. The molecule has 0 unspecified atom stereocenters. The van der Waals surface area contributed by atoms with E-state index < -0.39 is 0 Å². The van der Waals surface area contributed by atoms with Crippen LogP contribution in [0.1, 0.15) is 12.5 Å². The number of nitrogens with zero attached hydrogens (tertiary/aromatic N) is 3. The van der Waals surface area contributed by atoms with Gasteiger partial charge in [0.2, 0.25) is 5.91 Å². The fourth-order valence-electron chi connectivity index (χ4n) is 3.27. The molecule has 0 fully saturated rings. The van der Waals surface area contributed by atoms with Gasteiger partial charge < -0.3 is 14.8 Å². The molecule has 0 bridgehead atoms. The Balaban J connectivity index is 1.56. The molecule has 34 heavy (non-hydrogen) atoms. The van der Waals surface area contributed by atoms with Crippen molar-refractivity contribution in [1.82, 2.24) is 14.8 Å². The molecule has 0 aliphatic carbocycles. The Morgan fingerprint density at radius 3 is 2.68 bits per heavy atom. The maximum atomic E-state index is 12.8. The van der Waals surface area contributed by atoms with Crippen LogP contribution in [0.2, 0.25) is 5.02 Å². The lowest BCUT2D eigenvalue weighted by molar-refractivity contribution is -0.113. The summed E-state index contributed by atoms with van der Waals surface area (Å²) < 4.78 is 12.9. The number of ether oxygens (including phenoxy) is 2. The van der Waals surface area contributed by atoms with Crippen molar-refractivity contribution in [3.8, 4) is 27.9 Å². The summed E-state index contributed by atoms with van der Waals surface area (Å²) in [5.41, 5.74) is 2.30. The molecule has 0 atom stereocenters. The Morgan fingerprint density at radius 1 is 1.21 bits per heavy atom. The van der Waals surface area contributed by atoms with E-state index in [0.29, 0.717) is 28.2 Å². The third-order valence-electron chi connectivity index (χ3n) is 4.87. The highest BCUT2D eigenvalue weighted by atomic mass is 35.5. The summed E-state index contributed by atoms with van der Waals surface area (Å²) in [5.74, 6) is 1.97. The number of carbonyl (C=O) groups is 1. The molecule has 2 aromatic carbocycles. The van der Waals surface area contributed by atoms with Gasteiger partial charge in [-0.05, 0) is 61.2 Å². The van der Waals surface area contributed by atoms with Gasteiger partial charge in [-0.15, -0.1) is 21.5 Å². The zero-order valence-corrected chi connectivity index (χ0v) is 21.3. The Kier molecular flexibility index (Phi) is 7.77. The molecule has 0 spiro atoms. The van der Waals surface area contributed by atoms with Crippen LogP contribution in [0.5, 0.6) is 11.5 Å². The van der Waals surface area contributed by atoms with Gasteiger partial charge in [-0.2, -0.15) is 0 Å². The molecule has 1 amide bonds. The summed E-state index contributed by atoms with van der Waals surface area (Å²) in [6.45, 7) is 4.42. The van der Waals surface area contributed by atoms with Gasteiger partial charge in [0.05, 0.1) is 35.7 Å². The maximum Gasteiger partial charge on any atom is 0.234 e. The topological polar surface area (TPSA) is 78.3 Å². The molecule has 10 heteroatoms. The highest BCUT2D eigenvalue weighted by molar-refractivity contribution is 7.99. The fraction of sp³-hybridized carbons (Fsp3) is 0.208. The number of carbonyl (C=O) groups excluding carboxylic acids is 1. The number of rotatable bonds is 9. The first kappa shape index (κ1) is 24.1. The van der Waals surface area contributed by atoms with Gasteiger partial charge in [-0.25, -0.2) is 0 Å². The van der Waals surface area contributed by atoms with Crippen molar-refractivity contribution >= 4 is 46.3 Å². The molecule has 0 saturated carbocycles. The summed E-state index contributed by atoms with van der Waals surface area (Å²) in [6.07, 6.45) is 0. The number of thioether (sulfide) groups is 1. The standard InChI is InChI=1S/C24H23ClN4O3S2/c1-4-32-17-9-7-16(8-10-17)29-23(21-6-5-11-33-21)27-28-24(29)34-14-22(30)26-19-12-15(2)18(25)13-20(19)31-3/h5-13H,4,14H2,1-3H3,(H,26,30). The molecule has 7 nitrogen and oxygen atoms in total. The van der Waals surface area contributed by atoms with Crippen LogP contribution in [0.15, 0.2) is 59.1 Å². The molecule has 0 aliphatic heterocycles. The zero-order chi connectivity index (χ0) is 24.1. The quantitative estimate of drug-likeness (QED) is 0.272. The lowest BCUT2D eigenvalue weighted by atomic mass is 10.2. The number of aromatic nitrogens is 3. The first-order valence-electron chi connectivity index (χ1n) is 10.5. The molecule has 4 aromatic rings. The van der Waals surface area contributed by atoms with Crippen LogP contribution < -0.4 is 14.8 Å². The van der Waals surface area contributed by atoms with Crippen molar-refractivity contribution < 1.29 is 14.3 Å². The van der Waals surface area contributed by atoms with Crippen molar-refractivity contribution in [2.24, 2.45) is 0 Å². The van der Waals surface area contributed by atoms with E-state index in [1.54, 1.807) is 23.5 Å². The highest BCUT2D eigenvalue weighted by Crippen LogP contribution is 2.33. The zero-order valence-electron chi connectivity index (χ0n) is 18.9. The van der Waals surface area contributed by atoms with Gasteiger partial charge >= 0.3 is 0 Å². The van der Waals surface area contributed by atoms with Crippen LogP contribution in [-0.2, 0) is 4.79 Å². The molecular weight excluding hydrogens is 492 g/mol. The Hall–Kier alpha value is -3.01. The van der Waals surface area contributed by atoms with Crippen molar-refractivity contribution in [2.45, 2.75) is 19.0 Å². The van der Waals surface area contributed by atoms with Crippen LogP contribution in [0.3, 0.4) is 0 Å². The first-order chi connectivity index (χ1) is 16.5. The molecule has 2 aromatic heterocycles. The smallest absolute Gasteiger partial charge is 0.234 e. The number of hydrogen-bond donors (Lipinski definition) is 1. The third-order valence-corrected chi connectivity index (χ3v) is 7.07. The van der Waals surface area contributed by atoms with E-state index in [1.807, 2.05) is 60.2 Å². The van der Waals surface area contributed by atoms with Crippen molar-refractivity contribution in [2.75, 3.05) is 24.8 Å². The van der Waals surface area contributed by atoms with Crippen LogP contribution in [0.25, 0.3) is 16.4 Å². The molecule has 0 saturated heterocycles. The number of nitrogens with one attached hydrogen (secondary N) is 1. The van der Waals surface area contributed by atoms with E-state index in [4.69, 9.17) is 21.1 Å². The second-order valence-corrected chi connectivity index (χ2v) is 9.48. The average molecular weight is 515 g/mol. The molecule has 1 N–H and O–H groups in total. The predicted octanol–water partition coefficient (Wildman–Crippen LogP) is 6.10. The average Bonchev–Trinajstić information content (AvgIpc) is 3.50. The van der Waals surface area contributed by atoms with Crippen molar-refractivity contribution in [1.29, 1.82) is 0 Å². The van der Waals surface area contributed by atoms with Crippen LogP contribution in [0, 0.1) is 6.92 Å². The minimum Gasteiger partial charge on any atom is -0.495 e. The van der Waals surface area contributed by atoms with Crippen molar-refractivity contribution in [3.05, 3.63) is 64.5 Å². The lowest BCUT2D eigenvalue weighted by Gasteiger charge is -2.13. The number of thiophene rings is 1. The van der Waals surface area contributed by atoms with Gasteiger partial charge in [0.1, 0.15) is 11.5 Å². The number of methoxy groups -OCH3 is 1. The van der Waals surface area contributed by atoms with E-state index >= 15 is 0 Å². The van der Waals surface area contributed by atoms with Crippen LogP contribution in [0.4, 0.5) is 5.69 Å². The van der Waals surface area contributed by atoms with Gasteiger partial charge in [-0.3, -0.25) is 9.36 Å². The molecule has 0 radical (unpaired) electrons. The number of benzene rings is 2. The summed E-state index contributed by atoms with van der Waals surface area (Å²) in [4.78, 5) is 13.7. The molecule has 176 valence electrons. The van der Waals surface area contributed by atoms with Crippen molar-refractivity contribution in [3.63, 3.8) is 0 Å². The minimum atomic E-state index is -0.191. The Bertz CT molecular complexity index is 1270. The Morgan fingerprint density at radius 2 is 2.00 bits per heavy atom. The van der Waals surface area contributed by atoms with Gasteiger partial charge in [0.25, 0.3) is 0 Å². The van der Waals surface area contributed by atoms with E-state index in [1.165, 1.54) is 18.9 Å². The van der Waals surface area contributed by atoms with E-state index in [9.17, 15) is 4.79 Å². The number of amides is 1. The van der Waals surface area contributed by atoms with E-state index in [-0.39, 0.29) is 11.7 Å². The van der Waals surface area contributed by atoms with Crippen LogP contribution in [-0.4, -0.2) is 40.1 Å². The predicted molar refractivity (Wildman–Crippen MR) is 138 cm³/mol. The second-order valence-electron chi connectivity index (χ2n) is 7.18. The first-order valence-corrected chi connectivity index (χ1v) is 12.7. The lowest BCUT2D eigenvalue weighted by Crippen LogP contribution is -2.15. The molecular formula is C24H23ClN4O3S2. The third kappa shape index (κ3) is 5.38. The second kappa shape index (κ2) is 10.9. The molecule has 2 heterocycles. The highest BCUT2D eigenvalue weighted by Gasteiger charge is 2.19. The molecule has 0 aliphatic rings.